The molecule has 43 heavy (non-hydrogen) atoms. The molecular weight excluding hydrogens is 602 g/mol. The normalized spacial score (nSPS) is 18.1. The number of nitrogens with zero attached hydrogens (tertiary/aromatic N) is 2. The summed E-state index contributed by atoms with van der Waals surface area (Å²) in [6, 6.07) is 7.40. The van der Waals surface area contributed by atoms with Crippen LogP contribution in [-0.4, -0.2) is 62.0 Å². The topological polar surface area (TPSA) is 90.7 Å². The molecule has 2 saturated heterocycles. The number of piperidine rings is 1. The number of amides is 2. The number of carbonyl (C=O) groups is 2. The van der Waals surface area contributed by atoms with E-state index in [2.05, 4.69) is 10.6 Å². The Bertz CT molecular complexity index is 1280. The van der Waals surface area contributed by atoms with Crippen LogP contribution >= 0.6 is 23.2 Å². The fourth-order valence-electron chi connectivity index (χ4n) is 5.82. The Balaban J connectivity index is 1.51. The number of piperazine rings is 1. The monoisotopic (exact) mass is 641 g/mol. The van der Waals surface area contributed by atoms with Gasteiger partial charge in [0.25, 0.3) is 0 Å². The molecule has 236 valence electrons. The van der Waals surface area contributed by atoms with Gasteiger partial charge in [-0.25, -0.2) is 0 Å². The van der Waals surface area contributed by atoms with Crippen LogP contribution in [0.2, 0.25) is 10.0 Å². The van der Waals surface area contributed by atoms with Crippen LogP contribution < -0.4 is 21.3 Å². The molecule has 2 amide bonds. The zero-order valence-corrected chi connectivity index (χ0v) is 26.0. The molecule has 4 N–H and O–H groups in total. The molecule has 0 aliphatic carbocycles. The number of nitrogens with one attached hydrogen (secondary N) is 2. The van der Waals surface area contributed by atoms with E-state index >= 15 is 0 Å². The van der Waals surface area contributed by atoms with Crippen molar-refractivity contribution in [3.63, 3.8) is 0 Å². The number of halogens is 5. The van der Waals surface area contributed by atoms with E-state index in [9.17, 15) is 22.8 Å². The van der Waals surface area contributed by atoms with Crippen LogP contribution in [0.3, 0.4) is 0 Å². The highest BCUT2D eigenvalue weighted by Gasteiger charge is 2.34. The molecular formula is C31H40Cl2F3N5O2. The number of nitrogens with two attached hydrogens (primary N) is 1. The summed E-state index contributed by atoms with van der Waals surface area (Å²) in [5.41, 5.74) is 7.48. The largest absolute Gasteiger partial charge is 0.416 e. The maximum absolute atomic E-state index is 13.9. The summed E-state index contributed by atoms with van der Waals surface area (Å²) in [6.07, 6.45) is -2.34. The van der Waals surface area contributed by atoms with Gasteiger partial charge >= 0.3 is 6.18 Å². The average molecular weight is 643 g/mol. The van der Waals surface area contributed by atoms with Crippen LogP contribution in [0.15, 0.2) is 36.4 Å². The highest BCUT2D eigenvalue weighted by molar-refractivity contribution is 6.35. The van der Waals surface area contributed by atoms with Gasteiger partial charge in [-0.15, -0.1) is 0 Å². The lowest BCUT2D eigenvalue weighted by Crippen LogP contribution is -2.56. The van der Waals surface area contributed by atoms with Gasteiger partial charge in [0.1, 0.15) is 6.04 Å². The van der Waals surface area contributed by atoms with Gasteiger partial charge in [-0.2, -0.15) is 13.2 Å². The summed E-state index contributed by atoms with van der Waals surface area (Å²) in [5.74, 6) is -0.352. The van der Waals surface area contributed by atoms with Crippen molar-refractivity contribution in [2.24, 2.45) is 17.6 Å². The molecule has 0 radical (unpaired) electrons. The van der Waals surface area contributed by atoms with Gasteiger partial charge < -0.3 is 26.2 Å². The minimum atomic E-state index is -4.48. The van der Waals surface area contributed by atoms with Crippen molar-refractivity contribution in [2.45, 2.75) is 57.8 Å². The van der Waals surface area contributed by atoms with E-state index in [-0.39, 0.29) is 30.1 Å². The van der Waals surface area contributed by atoms with Crippen molar-refractivity contribution < 1.29 is 22.8 Å². The van der Waals surface area contributed by atoms with Crippen LogP contribution in [0.5, 0.6) is 0 Å². The first-order valence-corrected chi connectivity index (χ1v) is 15.5. The lowest BCUT2D eigenvalue weighted by Gasteiger charge is -2.39. The van der Waals surface area contributed by atoms with E-state index in [0.717, 1.165) is 25.2 Å². The SMILES string of the molecule is CC(C)C[C@H](N)c1cc(C(F)(F)F)ccc1N1CCN(C(=O)[C@@H](Cc2ccc(Cl)cc2Cl)NC(=O)C2CCNCC2)CC1. The van der Waals surface area contributed by atoms with Gasteiger partial charge in [0.05, 0.1) is 5.56 Å². The summed E-state index contributed by atoms with van der Waals surface area (Å²) in [7, 11) is 0. The van der Waals surface area contributed by atoms with Crippen LogP contribution in [0.4, 0.5) is 18.9 Å². The molecule has 0 unspecified atom stereocenters. The van der Waals surface area contributed by atoms with Crippen molar-refractivity contribution in [1.82, 2.24) is 15.5 Å². The second-order valence-electron chi connectivity index (χ2n) is 11.8. The Morgan fingerprint density at radius 3 is 2.33 bits per heavy atom. The number of alkyl halides is 3. The predicted molar refractivity (Wildman–Crippen MR) is 164 cm³/mol. The molecule has 4 rings (SSSR count). The third-order valence-electron chi connectivity index (χ3n) is 8.18. The van der Waals surface area contributed by atoms with E-state index in [1.807, 2.05) is 18.7 Å². The van der Waals surface area contributed by atoms with E-state index in [0.29, 0.717) is 72.3 Å². The van der Waals surface area contributed by atoms with Gasteiger partial charge in [-0.3, -0.25) is 9.59 Å². The Labute approximate surface area is 261 Å². The average Bonchev–Trinajstić information content (AvgIpc) is 2.97. The number of carbonyl (C=O) groups excluding carboxylic acids is 2. The van der Waals surface area contributed by atoms with Gasteiger partial charge in [0, 0.05) is 60.3 Å². The van der Waals surface area contributed by atoms with E-state index in [4.69, 9.17) is 28.9 Å². The molecule has 2 aromatic rings. The molecule has 12 heteroatoms. The van der Waals surface area contributed by atoms with Crippen LogP contribution in [0.25, 0.3) is 0 Å². The number of anilines is 1. The summed E-state index contributed by atoms with van der Waals surface area (Å²) in [4.78, 5) is 30.7. The molecule has 2 aliphatic heterocycles. The minimum absolute atomic E-state index is 0.155. The summed E-state index contributed by atoms with van der Waals surface area (Å²) in [6.45, 7) is 6.96. The van der Waals surface area contributed by atoms with Crippen LogP contribution in [0, 0.1) is 11.8 Å². The quantitative estimate of drug-likeness (QED) is 0.340. The second-order valence-corrected chi connectivity index (χ2v) is 12.7. The van der Waals surface area contributed by atoms with Crippen molar-refractivity contribution in [3.05, 3.63) is 63.1 Å². The lowest BCUT2D eigenvalue weighted by atomic mass is 9.94. The molecule has 0 spiro atoms. The third kappa shape index (κ3) is 8.77. The molecule has 2 aliphatic rings. The fourth-order valence-corrected chi connectivity index (χ4v) is 6.31. The molecule has 0 saturated carbocycles. The van der Waals surface area contributed by atoms with E-state index < -0.39 is 23.8 Å². The van der Waals surface area contributed by atoms with Crippen molar-refractivity contribution >= 4 is 40.7 Å². The van der Waals surface area contributed by atoms with Gasteiger partial charge in [-0.1, -0.05) is 43.1 Å². The molecule has 2 atom stereocenters. The zero-order valence-electron chi connectivity index (χ0n) is 24.5. The van der Waals surface area contributed by atoms with Crippen LogP contribution in [-0.2, 0) is 22.2 Å². The molecule has 0 bridgehead atoms. The predicted octanol–water partition coefficient (Wildman–Crippen LogP) is 5.43. The highest BCUT2D eigenvalue weighted by atomic mass is 35.5. The minimum Gasteiger partial charge on any atom is -0.368 e. The molecule has 2 aromatic carbocycles. The molecule has 2 heterocycles. The number of benzene rings is 2. The van der Waals surface area contributed by atoms with Gasteiger partial charge in [0.15, 0.2) is 0 Å². The first-order valence-electron chi connectivity index (χ1n) is 14.8. The number of hydrogen-bond acceptors (Lipinski definition) is 5. The first-order chi connectivity index (χ1) is 20.3. The number of hydrogen-bond donors (Lipinski definition) is 3. The Morgan fingerprint density at radius 1 is 1.05 bits per heavy atom. The lowest BCUT2D eigenvalue weighted by molar-refractivity contribution is -0.138. The van der Waals surface area contributed by atoms with Crippen molar-refractivity contribution in [3.8, 4) is 0 Å². The highest BCUT2D eigenvalue weighted by Crippen LogP contribution is 2.36. The maximum Gasteiger partial charge on any atom is 0.416 e. The maximum atomic E-state index is 13.9. The Hall–Kier alpha value is -2.53. The van der Waals surface area contributed by atoms with E-state index in [1.54, 1.807) is 23.1 Å². The number of rotatable bonds is 9. The summed E-state index contributed by atoms with van der Waals surface area (Å²) < 4.78 is 40.6. The molecule has 7 nitrogen and oxygen atoms in total. The van der Waals surface area contributed by atoms with Crippen LogP contribution in [0.1, 0.15) is 55.8 Å². The second kappa shape index (κ2) is 14.5. The third-order valence-corrected chi connectivity index (χ3v) is 8.76. The van der Waals surface area contributed by atoms with Gasteiger partial charge in [0.2, 0.25) is 11.8 Å². The summed E-state index contributed by atoms with van der Waals surface area (Å²) in [5, 5.41) is 7.13. The van der Waals surface area contributed by atoms with Crippen molar-refractivity contribution in [2.75, 3.05) is 44.2 Å². The molecule has 2 fully saturated rings. The first kappa shape index (κ1) is 33.4. The van der Waals surface area contributed by atoms with Crippen molar-refractivity contribution in [1.29, 1.82) is 0 Å². The van der Waals surface area contributed by atoms with E-state index in [1.165, 1.54) is 6.07 Å². The fraction of sp³-hybridized carbons (Fsp3) is 0.548. The Kier molecular flexibility index (Phi) is 11.3. The Morgan fingerprint density at radius 2 is 1.72 bits per heavy atom. The standard InChI is InChI=1S/C31H40Cl2F3N5O2/c1-19(2)15-26(37)24-17-22(31(34,35)36)4-6-28(24)40-11-13-41(14-12-40)30(43)27(16-21-3-5-23(32)18-25(21)33)39-29(42)20-7-9-38-10-8-20/h3-6,17-20,26-27,38H,7-16,37H2,1-2H3,(H,39,42)/t26-,27+/m0/s1. The zero-order chi connectivity index (χ0) is 31.3. The van der Waals surface area contributed by atoms with Gasteiger partial charge in [-0.05, 0) is 79.7 Å². The smallest absolute Gasteiger partial charge is 0.368 e. The summed E-state index contributed by atoms with van der Waals surface area (Å²) >= 11 is 12.5. The molecule has 0 aromatic heterocycles.